The summed E-state index contributed by atoms with van der Waals surface area (Å²) >= 11 is 0. The maximum absolute atomic E-state index is 14.9. The number of carbonyl (C=O) groups excluding carboxylic acids is 1. The molecule has 3 atom stereocenters. The second-order valence-electron chi connectivity index (χ2n) is 9.27. The molecule has 5 rings (SSSR count). The molecular weight excluding hydrogens is 554 g/mol. The molecule has 1 saturated carbocycles. The molecule has 3 heterocycles. The summed E-state index contributed by atoms with van der Waals surface area (Å²) in [4.78, 5) is 42.5. The molecule has 1 aromatic carbocycles. The van der Waals surface area contributed by atoms with Crippen LogP contribution in [0, 0.1) is 23.4 Å². The van der Waals surface area contributed by atoms with Crippen LogP contribution in [0.1, 0.15) is 23.2 Å². The van der Waals surface area contributed by atoms with Crippen LogP contribution in [0.4, 0.5) is 32.2 Å². The molecule has 2 fully saturated rings. The highest BCUT2D eigenvalue weighted by molar-refractivity contribution is 5.97. The van der Waals surface area contributed by atoms with E-state index >= 15 is 0 Å². The summed E-state index contributed by atoms with van der Waals surface area (Å²) in [6.07, 6.45) is -7.14. The number of aliphatic carboxylic acids is 1. The van der Waals surface area contributed by atoms with E-state index in [1.165, 1.54) is 0 Å². The average molecular weight is 572 g/mol. The Morgan fingerprint density at radius 2 is 1.77 bits per heavy atom. The minimum absolute atomic E-state index is 0.194. The van der Waals surface area contributed by atoms with Crippen LogP contribution in [0.25, 0.3) is 16.7 Å². The Labute approximate surface area is 219 Å². The molecule has 3 N–H and O–H groups in total. The number of amides is 1. The quantitative estimate of drug-likeness (QED) is 0.384. The van der Waals surface area contributed by atoms with E-state index in [2.05, 4.69) is 4.98 Å². The molecule has 0 spiro atoms. The Hall–Kier alpha value is -4.18. The van der Waals surface area contributed by atoms with Crippen molar-refractivity contribution < 1.29 is 50.9 Å². The first-order valence-corrected chi connectivity index (χ1v) is 11.7. The number of fused-ring (bicyclic) bond motifs is 1. The van der Waals surface area contributed by atoms with E-state index in [4.69, 9.17) is 9.84 Å². The van der Waals surface area contributed by atoms with Gasteiger partial charge in [0.25, 0.3) is 5.91 Å². The number of nitrogens with one attached hydrogen (secondary N) is 1. The summed E-state index contributed by atoms with van der Waals surface area (Å²) in [6.45, 7) is -0.418. The Balaban J connectivity index is 1.68. The summed E-state index contributed by atoms with van der Waals surface area (Å²) < 4.78 is 89.3. The Kier molecular flexibility index (Phi) is 6.70. The van der Waals surface area contributed by atoms with Crippen molar-refractivity contribution in [2.75, 3.05) is 11.4 Å². The fourth-order valence-corrected chi connectivity index (χ4v) is 4.44. The predicted octanol–water partition coefficient (Wildman–Crippen LogP) is 2.44. The fourth-order valence-electron chi connectivity index (χ4n) is 4.44. The number of halogens is 6. The van der Waals surface area contributed by atoms with Crippen molar-refractivity contribution in [2.45, 2.75) is 37.6 Å². The molecule has 0 bridgehead atoms. The number of aromatic nitrogens is 2. The lowest BCUT2D eigenvalue weighted by atomic mass is 10.1. The first-order valence-electron chi connectivity index (χ1n) is 11.7. The van der Waals surface area contributed by atoms with Gasteiger partial charge < -0.3 is 25.2 Å². The summed E-state index contributed by atoms with van der Waals surface area (Å²) in [5, 5.41) is 20.6. The van der Waals surface area contributed by atoms with Gasteiger partial charge in [-0.15, -0.1) is 0 Å². The van der Waals surface area contributed by atoms with Crippen molar-refractivity contribution in [1.29, 1.82) is 0 Å². The smallest absolute Gasteiger partial charge is 0.408 e. The summed E-state index contributed by atoms with van der Waals surface area (Å²) in [7, 11) is 0. The lowest BCUT2D eigenvalue weighted by Crippen LogP contribution is -2.48. The fraction of sp³-hybridized carbons (Fsp3) is 0.333. The van der Waals surface area contributed by atoms with Crippen LogP contribution in [0.5, 0.6) is 0 Å². The monoisotopic (exact) mass is 572 g/mol. The van der Waals surface area contributed by atoms with Gasteiger partial charge in [-0.25, -0.2) is 22.9 Å². The zero-order valence-corrected chi connectivity index (χ0v) is 20.0. The molecule has 2 aliphatic rings. The molecule has 0 radical (unpaired) electrons. The molecule has 40 heavy (non-hydrogen) atoms. The topological polar surface area (TPSA) is 134 Å². The molecule has 2 aromatic heterocycles. The first kappa shape index (κ1) is 27.4. The predicted molar refractivity (Wildman–Crippen MR) is 123 cm³/mol. The molecule has 1 saturated heterocycles. The van der Waals surface area contributed by atoms with E-state index in [9.17, 15) is 45.8 Å². The zero-order chi connectivity index (χ0) is 29.1. The summed E-state index contributed by atoms with van der Waals surface area (Å²) in [5.74, 6) is -8.28. The van der Waals surface area contributed by atoms with Gasteiger partial charge in [0.2, 0.25) is 11.8 Å². The average Bonchev–Trinajstić information content (AvgIpc) is 3.62. The highest BCUT2D eigenvalue weighted by atomic mass is 19.4. The normalized spacial score (nSPS) is 20.1. The van der Waals surface area contributed by atoms with E-state index in [0.717, 1.165) is 17.0 Å². The van der Waals surface area contributed by atoms with Crippen LogP contribution in [0.3, 0.4) is 0 Å². The number of pyridine rings is 2. The van der Waals surface area contributed by atoms with E-state index in [-0.39, 0.29) is 18.7 Å². The number of carboxylic acid groups (broad SMARTS) is 1. The number of carboxylic acids is 1. The van der Waals surface area contributed by atoms with Crippen LogP contribution in [0.2, 0.25) is 0 Å². The lowest BCUT2D eigenvalue weighted by Gasteiger charge is -2.22. The van der Waals surface area contributed by atoms with Crippen molar-refractivity contribution in [3.8, 4) is 5.69 Å². The van der Waals surface area contributed by atoms with Gasteiger partial charge in [-0.05, 0) is 30.9 Å². The van der Waals surface area contributed by atoms with E-state index in [1.807, 2.05) is 0 Å². The third kappa shape index (κ3) is 4.95. The third-order valence-corrected chi connectivity index (χ3v) is 6.52. The van der Waals surface area contributed by atoms with Crippen LogP contribution in [0.15, 0.2) is 35.3 Å². The number of anilines is 1. The molecule has 3 aromatic rings. The number of ether oxygens (including phenoxy) is 1. The number of rotatable bonds is 6. The van der Waals surface area contributed by atoms with Crippen LogP contribution < -0.4 is 15.6 Å². The summed E-state index contributed by atoms with van der Waals surface area (Å²) in [6, 6.07) is 0.465. The number of alkyl halides is 3. The molecule has 10 nitrogen and oxygen atoms in total. The highest BCUT2D eigenvalue weighted by Gasteiger charge is 2.50. The van der Waals surface area contributed by atoms with Crippen LogP contribution in [-0.2, 0) is 9.53 Å². The lowest BCUT2D eigenvalue weighted by molar-refractivity contribution is -0.158. The van der Waals surface area contributed by atoms with Gasteiger partial charge in [-0.2, -0.15) is 13.2 Å². The van der Waals surface area contributed by atoms with E-state index in [1.54, 1.807) is 5.32 Å². The Bertz CT molecular complexity index is 1570. The number of nitrogens with zero attached hydrogens (tertiary/aromatic N) is 3. The van der Waals surface area contributed by atoms with Gasteiger partial charge in [0.15, 0.2) is 23.4 Å². The Morgan fingerprint density at radius 3 is 2.33 bits per heavy atom. The minimum atomic E-state index is -4.83. The molecule has 1 aliphatic heterocycles. The SMILES string of the molecule is O=C(N[C@@H](C1CC1)C(F)(F)F)c1cn(-c2c(F)cc(F)cc2F)c2nc(N3C[C@@H](C(=O)O)OC3O)ccc2c1=O. The standard InChI is InChI=1S/C24H18F6N4O6/c25-10-5-13(26)17(14(27)6-10)34-7-12(21(36)32-19(9-1-2-9)24(28,29)30)18(35)11-3-4-16(31-20(11)34)33-8-15(22(37)38)40-23(33)39/h3-7,9,15,19,23,39H,1-2,8H2,(H,32,36)(H,37,38)/t15-,19-,23?/m0/s1. The van der Waals surface area contributed by atoms with E-state index < -0.39 is 94.2 Å². The maximum atomic E-state index is 14.9. The molecular formula is C24H18F6N4O6. The van der Waals surface area contributed by atoms with Gasteiger partial charge in [-0.3, -0.25) is 14.2 Å². The molecule has 1 aliphatic carbocycles. The van der Waals surface area contributed by atoms with Gasteiger partial charge >= 0.3 is 12.1 Å². The molecule has 212 valence electrons. The number of hydrogen-bond acceptors (Lipinski definition) is 7. The number of aliphatic hydroxyl groups excluding tert-OH is 1. The van der Waals surface area contributed by atoms with Gasteiger partial charge in [0, 0.05) is 18.3 Å². The van der Waals surface area contributed by atoms with E-state index in [0.29, 0.717) is 22.9 Å². The minimum Gasteiger partial charge on any atom is -0.479 e. The third-order valence-electron chi connectivity index (χ3n) is 6.52. The van der Waals surface area contributed by atoms with Crippen molar-refractivity contribution in [3.05, 3.63) is 63.7 Å². The Morgan fingerprint density at radius 1 is 1.12 bits per heavy atom. The van der Waals surface area contributed by atoms with Gasteiger partial charge in [0.05, 0.1) is 11.9 Å². The molecule has 16 heteroatoms. The summed E-state index contributed by atoms with van der Waals surface area (Å²) in [5.41, 5.74) is -3.59. The second kappa shape index (κ2) is 9.78. The van der Waals surface area contributed by atoms with Gasteiger partial charge in [0.1, 0.15) is 28.9 Å². The van der Waals surface area contributed by atoms with Crippen LogP contribution >= 0.6 is 0 Å². The van der Waals surface area contributed by atoms with Crippen LogP contribution in [-0.4, -0.2) is 62.9 Å². The van der Waals surface area contributed by atoms with Crippen molar-refractivity contribution >= 4 is 28.7 Å². The molecule has 1 amide bonds. The number of carbonyl (C=O) groups is 2. The van der Waals surface area contributed by atoms with Crippen molar-refractivity contribution in [1.82, 2.24) is 14.9 Å². The second-order valence-corrected chi connectivity index (χ2v) is 9.27. The first-order chi connectivity index (χ1) is 18.8. The zero-order valence-electron chi connectivity index (χ0n) is 20.0. The largest absolute Gasteiger partial charge is 0.479 e. The highest BCUT2D eigenvalue weighted by Crippen LogP contribution is 2.40. The van der Waals surface area contributed by atoms with Crippen molar-refractivity contribution in [3.63, 3.8) is 0 Å². The van der Waals surface area contributed by atoms with Crippen molar-refractivity contribution in [2.24, 2.45) is 5.92 Å². The maximum Gasteiger partial charge on any atom is 0.408 e. The van der Waals surface area contributed by atoms with Gasteiger partial charge in [-0.1, -0.05) is 0 Å². The number of aliphatic hydroxyl groups is 1. The number of benzene rings is 1. The number of hydrogen-bond donors (Lipinski definition) is 3. The molecule has 1 unspecified atom stereocenters.